The van der Waals surface area contributed by atoms with Gasteiger partial charge in [-0.25, -0.2) is 13.1 Å². The molecule has 0 aliphatic carbocycles. The van der Waals surface area contributed by atoms with E-state index in [1.54, 1.807) is 49.0 Å². The molecule has 0 unspecified atom stereocenters. The van der Waals surface area contributed by atoms with E-state index in [4.69, 9.17) is 9.47 Å². The highest BCUT2D eigenvalue weighted by Crippen LogP contribution is 2.27. The third kappa shape index (κ3) is 4.34. The number of sulfone groups is 1. The zero-order valence-electron chi connectivity index (χ0n) is 14.6. The van der Waals surface area contributed by atoms with E-state index in [1.807, 2.05) is 0 Å². The van der Waals surface area contributed by atoms with Crippen LogP contribution >= 0.6 is 0 Å². The van der Waals surface area contributed by atoms with Crippen LogP contribution in [0.3, 0.4) is 0 Å². The van der Waals surface area contributed by atoms with E-state index in [0.717, 1.165) is 0 Å². The minimum atomic E-state index is -3.04. The minimum Gasteiger partial charge on any atom is -0.497 e. The van der Waals surface area contributed by atoms with Crippen molar-refractivity contribution in [3.05, 3.63) is 36.0 Å². The van der Waals surface area contributed by atoms with Gasteiger partial charge in [-0.2, -0.15) is 5.10 Å². The first-order valence-electron chi connectivity index (χ1n) is 8.19. The van der Waals surface area contributed by atoms with Crippen LogP contribution in [-0.4, -0.2) is 49.3 Å². The normalized spacial score (nSPS) is 18.5. The van der Waals surface area contributed by atoms with Crippen molar-refractivity contribution < 1.29 is 22.7 Å². The number of aryl methyl sites for hydroxylation is 1. The Balaban J connectivity index is 1.62. The van der Waals surface area contributed by atoms with Crippen molar-refractivity contribution in [3.8, 4) is 11.5 Å². The third-order valence-electron chi connectivity index (χ3n) is 4.11. The number of benzene rings is 1. The van der Waals surface area contributed by atoms with Crippen LogP contribution in [0.5, 0.6) is 11.5 Å². The molecule has 140 valence electrons. The van der Waals surface area contributed by atoms with Gasteiger partial charge in [-0.05, 0) is 37.6 Å². The van der Waals surface area contributed by atoms with Gasteiger partial charge in [0, 0.05) is 6.07 Å². The summed E-state index contributed by atoms with van der Waals surface area (Å²) >= 11 is 0. The molecular formula is C17H21N3O5S. The average molecular weight is 379 g/mol. The Morgan fingerprint density at radius 3 is 2.62 bits per heavy atom. The summed E-state index contributed by atoms with van der Waals surface area (Å²) in [4.78, 5) is 12.2. The number of amides is 1. The third-order valence-corrected chi connectivity index (χ3v) is 5.86. The number of carbonyl (C=O) groups is 1. The fraction of sp³-hybridized carbons (Fsp3) is 0.412. The van der Waals surface area contributed by atoms with Gasteiger partial charge in [0.1, 0.15) is 17.3 Å². The van der Waals surface area contributed by atoms with E-state index in [2.05, 4.69) is 10.4 Å². The van der Waals surface area contributed by atoms with Crippen molar-refractivity contribution >= 4 is 21.6 Å². The molecule has 1 N–H and O–H groups in total. The van der Waals surface area contributed by atoms with E-state index in [1.165, 1.54) is 0 Å². The summed E-state index contributed by atoms with van der Waals surface area (Å²) in [5.41, 5.74) is 0.709. The van der Waals surface area contributed by atoms with Crippen molar-refractivity contribution in [3.63, 3.8) is 0 Å². The number of anilines is 1. The maximum absolute atomic E-state index is 12.2. The lowest BCUT2D eigenvalue weighted by Gasteiger charge is -2.14. The first-order chi connectivity index (χ1) is 12.4. The summed E-state index contributed by atoms with van der Waals surface area (Å²) in [5, 5.41) is 7.08. The molecule has 0 saturated carbocycles. The SMILES string of the molecule is COc1ccc(OCC(=O)Nc2cc(C)nn2[C@@H]2CCS(=O)(=O)C2)cc1. The lowest BCUT2D eigenvalue weighted by atomic mass is 10.3. The van der Waals surface area contributed by atoms with Gasteiger partial charge in [0.2, 0.25) is 0 Å². The van der Waals surface area contributed by atoms with Crippen LogP contribution in [0, 0.1) is 6.92 Å². The number of aromatic nitrogens is 2. The molecule has 1 aromatic heterocycles. The number of rotatable bonds is 6. The zero-order valence-corrected chi connectivity index (χ0v) is 15.5. The second-order valence-electron chi connectivity index (χ2n) is 6.18. The van der Waals surface area contributed by atoms with Crippen molar-refractivity contribution in [1.82, 2.24) is 9.78 Å². The molecule has 8 nitrogen and oxygen atoms in total. The van der Waals surface area contributed by atoms with Gasteiger partial charge >= 0.3 is 0 Å². The second-order valence-corrected chi connectivity index (χ2v) is 8.41. The van der Waals surface area contributed by atoms with Crippen LogP contribution < -0.4 is 14.8 Å². The van der Waals surface area contributed by atoms with Gasteiger partial charge in [-0.3, -0.25) is 4.79 Å². The highest BCUT2D eigenvalue weighted by atomic mass is 32.2. The van der Waals surface area contributed by atoms with Gasteiger partial charge in [0.15, 0.2) is 16.4 Å². The van der Waals surface area contributed by atoms with Crippen molar-refractivity contribution in [2.45, 2.75) is 19.4 Å². The van der Waals surface area contributed by atoms with Crippen molar-refractivity contribution in [2.75, 3.05) is 30.5 Å². The summed E-state index contributed by atoms with van der Waals surface area (Å²) in [7, 11) is -1.47. The Bertz CT molecular complexity index is 890. The molecule has 0 spiro atoms. The molecule has 1 aromatic carbocycles. The molecule has 2 aromatic rings. The molecule has 26 heavy (non-hydrogen) atoms. The Labute approximate surface area is 152 Å². The van der Waals surface area contributed by atoms with Crippen LogP contribution in [0.2, 0.25) is 0 Å². The number of carbonyl (C=O) groups excluding carboxylic acids is 1. The van der Waals surface area contributed by atoms with Gasteiger partial charge in [-0.1, -0.05) is 0 Å². The summed E-state index contributed by atoms with van der Waals surface area (Å²) < 4.78 is 35.5. The number of nitrogens with one attached hydrogen (secondary N) is 1. The summed E-state index contributed by atoms with van der Waals surface area (Å²) in [6.07, 6.45) is 0.495. The van der Waals surface area contributed by atoms with Crippen LogP contribution in [0.4, 0.5) is 5.82 Å². The van der Waals surface area contributed by atoms with E-state index in [-0.39, 0.29) is 30.1 Å². The number of ether oxygens (including phenoxy) is 2. The fourth-order valence-corrected chi connectivity index (χ4v) is 4.55. The number of hydrogen-bond donors (Lipinski definition) is 1. The van der Waals surface area contributed by atoms with Crippen molar-refractivity contribution in [1.29, 1.82) is 0 Å². The van der Waals surface area contributed by atoms with E-state index in [9.17, 15) is 13.2 Å². The quantitative estimate of drug-likeness (QED) is 0.818. The van der Waals surface area contributed by atoms with Gasteiger partial charge in [0.05, 0.1) is 30.4 Å². The van der Waals surface area contributed by atoms with Gasteiger partial charge in [0.25, 0.3) is 5.91 Å². The predicted octanol–water partition coefficient (Wildman–Crippen LogP) is 1.58. The summed E-state index contributed by atoms with van der Waals surface area (Å²) in [6.45, 7) is 1.63. The fourth-order valence-electron chi connectivity index (χ4n) is 2.86. The number of nitrogens with zero attached hydrogens (tertiary/aromatic N) is 2. The molecule has 1 aliphatic rings. The topological polar surface area (TPSA) is 99.5 Å². The zero-order chi connectivity index (χ0) is 18.7. The molecule has 0 bridgehead atoms. The maximum atomic E-state index is 12.2. The molecule has 1 fully saturated rings. The predicted molar refractivity (Wildman–Crippen MR) is 96.4 cm³/mol. The molecule has 1 aliphatic heterocycles. The lowest BCUT2D eigenvalue weighted by molar-refractivity contribution is -0.118. The van der Waals surface area contributed by atoms with E-state index < -0.39 is 9.84 Å². The highest BCUT2D eigenvalue weighted by molar-refractivity contribution is 7.91. The lowest BCUT2D eigenvalue weighted by Crippen LogP contribution is -2.23. The summed E-state index contributed by atoms with van der Waals surface area (Å²) in [6, 6.07) is 8.37. The van der Waals surface area contributed by atoms with Crippen LogP contribution in [0.15, 0.2) is 30.3 Å². The van der Waals surface area contributed by atoms with Crippen LogP contribution in [-0.2, 0) is 14.6 Å². The van der Waals surface area contributed by atoms with Crippen LogP contribution in [0.25, 0.3) is 0 Å². The molecule has 9 heteroatoms. The van der Waals surface area contributed by atoms with Crippen molar-refractivity contribution in [2.24, 2.45) is 0 Å². The number of methoxy groups -OCH3 is 1. The van der Waals surface area contributed by atoms with Gasteiger partial charge < -0.3 is 14.8 Å². The molecule has 3 rings (SSSR count). The summed E-state index contributed by atoms with van der Waals surface area (Å²) in [5.74, 6) is 1.57. The largest absolute Gasteiger partial charge is 0.497 e. The number of hydrogen-bond acceptors (Lipinski definition) is 6. The Morgan fingerprint density at radius 1 is 1.31 bits per heavy atom. The molecule has 1 atom stereocenters. The first kappa shape index (κ1) is 18.2. The smallest absolute Gasteiger partial charge is 0.263 e. The van der Waals surface area contributed by atoms with Gasteiger partial charge in [-0.15, -0.1) is 0 Å². The second kappa shape index (κ2) is 7.36. The first-order valence-corrected chi connectivity index (χ1v) is 10.0. The Morgan fingerprint density at radius 2 is 2.00 bits per heavy atom. The van der Waals surface area contributed by atoms with Crippen LogP contribution in [0.1, 0.15) is 18.2 Å². The molecular weight excluding hydrogens is 358 g/mol. The van der Waals surface area contributed by atoms with E-state index in [0.29, 0.717) is 29.4 Å². The Hall–Kier alpha value is -2.55. The monoisotopic (exact) mass is 379 g/mol. The van der Waals surface area contributed by atoms with E-state index >= 15 is 0 Å². The minimum absolute atomic E-state index is 0.0410. The average Bonchev–Trinajstić information content (AvgIpc) is 3.15. The maximum Gasteiger partial charge on any atom is 0.263 e. The molecule has 2 heterocycles. The highest BCUT2D eigenvalue weighted by Gasteiger charge is 2.31. The molecule has 1 saturated heterocycles. The standard InChI is InChI=1S/C17H21N3O5S/c1-12-9-16(20(19-12)13-7-8-26(22,23)11-13)18-17(21)10-25-15-5-3-14(24-2)4-6-15/h3-6,9,13H,7-8,10-11H2,1-2H3,(H,18,21)/t13-/m1/s1. The molecule has 1 amide bonds. The Kier molecular flexibility index (Phi) is 5.17. The molecule has 0 radical (unpaired) electrons.